The molecule has 2 aromatic carbocycles. The highest BCUT2D eigenvalue weighted by Gasteiger charge is 2.37. The Hall–Kier alpha value is -3.03. The number of hydrogen-bond acceptors (Lipinski definition) is 3. The van der Waals surface area contributed by atoms with E-state index >= 15 is 0 Å². The van der Waals surface area contributed by atoms with Gasteiger partial charge in [0.1, 0.15) is 11.2 Å². The maximum absolute atomic E-state index is 12.8. The van der Waals surface area contributed by atoms with Crippen LogP contribution in [-0.2, 0) is 15.8 Å². The Labute approximate surface area is 160 Å². The summed E-state index contributed by atoms with van der Waals surface area (Å²) in [7, 11) is 0. The van der Waals surface area contributed by atoms with E-state index in [-0.39, 0.29) is 5.69 Å². The van der Waals surface area contributed by atoms with E-state index in [0.717, 1.165) is 12.1 Å². The van der Waals surface area contributed by atoms with Crippen molar-refractivity contribution in [1.82, 2.24) is 0 Å². The van der Waals surface area contributed by atoms with Gasteiger partial charge < -0.3 is 15.4 Å². The SMILES string of the molecule is CCOc1ccccc1NC(=O)C(C)(C)C(=O)Nc1cccc(C(F)(F)F)c1. The maximum atomic E-state index is 12.8. The number of rotatable bonds is 6. The average molecular weight is 394 g/mol. The number of hydrogen-bond donors (Lipinski definition) is 2. The Morgan fingerprint density at radius 1 is 0.964 bits per heavy atom. The summed E-state index contributed by atoms with van der Waals surface area (Å²) in [5.74, 6) is -0.908. The molecule has 0 aromatic heterocycles. The number of carbonyl (C=O) groups excluding carboxylic acids is 2. The third-order valence-electron chi connectivity index (χ3n) is 4.02. The van der Waals surface area contributed by atoms with Gasteiger partial charge in [-0.3, -0.25) is 9.59 Å². The minimum absolute atomic E-state index is 0.0459. The summed E-state index contributed by atoms with van der Waals surface area (Å²) < 4.78 is 43.9. The first-order valence-electron chi connectivity index (χ1n) is 8.57. The van der Waals surface area contributed by atoms with Crippen LogP contribution in [-0.4, -0.2) is 18.4 Å². The molecule has 5 nitrogen and oxygen atoms in total. The van der Waals surface area contributed by atoms with E-state index < -0.39 is 29.0 Å². The van der Waals surface area contributed by atoms with E-state index in [4.69, 9.17) is 4.74 Å². The zero-order valence-electron chi connectivity index (χ0n) is 15.7. The molecule has 2 rings (SSSR count). The van der Waals surface area contributed by atoms with Crippen LogP contribution in [0, 0.1) is 5.41 Å². The highest BCUT2D eigenvalue weighted by atomic mass is 19.4. The number of alkyl halides is 3. The number of nitrogens with one attached hydrogen (secondary N) is 2. The van der Waals surface area contributed by atoms with Crippen molar-refractivity contribution in [1.29, 1.82) is 0 Å². The largest absolute Gasteiger partial charge is 0.492 e. The van der Waals surface area contributed by atoms with Gasteiger partial charge in [-0.05, 0) is 51.1 Å². The van der Waals surface area contributed by atoms with E-state index in [9.17, 15) is 22.8 Å². The first-order valence-corrected chi connectivity index (χ1v) is 8.57. The molecule has 28 heavy (non-hydrogen) atoms. The van der Waals surface area contributed by atoms with Crippen molar-refractivity contribution >= 4 is 23.2 Å². The Bertz CT molecular complexity index is 864. The molecule has 2 N–H and O–H groups in total. The van der Waals surface area contributed by atoms with Gasteiger partial charge in [0.25, 0.3) is 0 Å². The van der Waals surface area contributed by atoms with Crippen LogP contribution in [0.3, 0.4) is 0 Å². The zero-order valence-corrected chi connectivity index (χ0v) is 15.7. The number of amides is 2. The van der Waals surface area contributed by atoms with Gasteiger partial charge in [0.2, 0.25) is 11.8 Å². The molecule has 0 bridgehead atoms. The predicted octanol–water partition coefficient (Wildman–Crippen LogP) is 4.71. The molecule has 0 unspecified atom stereocenters. The Kier molecular flexibility index (Phi) is 6.33. The van der Waals surface area contributed by atoms with Crippen LogP contribution in [0.15, 0.2) is 48.5 Å². The monoisotopic (exact) mass is 394 g/mol. The van der Waals surface area contributed by atoms with Gasteiger partial charge >= 0.3 is 6.18 Å². The van der Waals surface area contributed by atoms with E-state index in [2.05, 4.69) is 10.6 Å². The molecule has 150 valence electrons. The fourth-order valence-electron chi connectivity index (χ4n) is 2.29. The van der Waals surface area contributed by atoms with Gasteiger partial charge in [0.05, 0.1) is 17.9 Å². The molecule has 2 amide bonds. The second-order valence-electron chi connectivity index (χ2n) is 6.54. The third-order valence-corrected chi connectivity index (χ3v) is 4.02. The lowest BCUT2D eigenvalue weighted by Crippen LogP contribution is -2.41. The average Bonchev–Trinajstić information content (AvgIpc) is 2.63. The lowest BCUT2D eigenvalue weighted by atomic mass is 9.90. The summed E-state index contributed by atoms with van der Waals surface area (Å²) in [5.41, 5.74) is -2.09. The number of benzene rings is 2. The molecule has 2 aromatic rings. The van der Waals surface area contributed by atoms with Crippen LogP contribution in [0.2, 0.25) is 0 Å². The van der Waals surface area contributed by atoms with E-state index in [1.165, 1.54) is 26.0 Å². The molecule has 8 heteroatoms. The van der Waals surface area contributed by atoms with Crippen LogP contribution < -0.4 is 15.4 Å². The molecular formula is C20H21F3N2O3. The summed E-state index contributed by atoms with van der Waals surface area (Å²) in [4.78, 5) is 25.2. The van der Waals surface area contributed by atoms with Crippen molar-refractivity contribution < 1.29 is 27.5 Å². The molecule has 0 aliphatic heterocycles. The standard InChI is InChI=1S/C20H21F3N2O3/c1-4-28-16-11-6-5-10-15(16)25-18(27)19(2,3)17(26)24-14-9-7-8-13(12-14)20(21,22)23/h5-12H,4H2,1-3H3,(H,24,26)(H,25,27). The van der Waals surface area contributed by atoms with Crippen molar-refractivity contribution in [2.24, 2.45) is 5.41 Å². The number of carbonyl (C=O) groups is 2. The van der Waals surface area contributed by atoms with Crippen LogP contribution in [0.5, 0.6) is 5.75 Å². The number of halogens is 3. The fourth-order valence-corrected chi connectivity index (χ4v) is 2.29. The fraction of sp³-hybridized carbons (Fsp3) is 0.300. The summed E-state index contributed by atoms with van der Waals surface area (Å²) in [6.07, 6.45) is -4.53. The third kappa shape index (κ3) is 5.03. The Balaban J connectivity index is 2.15. The van der Waals surface area contributed by atoms with Gasteiger partial charge in [0, 0.05) is 5.69 Å². The second kappa shape index (κ2) is 8.33. The molecule has 0 spiro atoms. The molecule has 0 aliphatic rings. The van der Waals surface area contributed by atoms with Gasteiger partial charge in [-0.25, -0.2) is 0 Å². The minimum Gasteiger partial charge on any atom is -0.492 e. The minimum atomic E-state index is -4.53. The quantitative estimate of drug-likeness (QED) is 0.698. The first-order chi connectivity index (χ1) is 13.1. The summed E-state index contributed by atoms with van der Waals surface area (Å²) >= 11 is 0. The summed E-state index contributed by atoms with van der Waals surface area (Å²) in [6.45, 7) is 4.96. The van der Waals surface area contributed by atoms with Crippen molar-refractivity contribution in [3.8, 4) is 5.75 Å². The lowest BCUT2D eigenvalue weighted by molar-refractivity contribution is -0.138. The number of anilines is 2. The maximum Gasteiger partial charge on any atom is 0.416 e. The molecule has 0 saturated carbocycles. The highest BCUT2D eigenvalue weighted by Crippen LogP contribution is 2.31. The molecule has 0 radical (unpaired) electrons. The Morgan fingerprint density at radius 3 is 2.25 bits per heavy atom. The van der Waals surface area contributed by atoms with Crippen LogP contribution in [0.25, 0.3) is 0 Å². The lowest BCUT2D eigenvalue weighted by Gasteiger charge is -2.23. The number of ether oxygens (including phenoxy) is 1. The molecule has 0 heterocycles. The normalized spacial score (nSPS) is 11.6. The van der Waals surface area contributed by atoms with Crippen molar-refractivity contribution in [2.45, 2.75) is 26.9 Å². The molecule has 0 fully saturated rings. The van der Waals surface area contributed by atoms with E-state index in [0.29, 0.717) is 18.0 Å². The van der Waals surface area contributed by atoms with Crippen LogP contribution in [0.4, 0.5) is 24.5 Å². The van der Waals surface area contributed by atoms with Gasteiger partial charge in [-0.2, -0.15) is 13.2 Å². The van der Waals surface area contributed by atoms with Crippen molar-refractivity contribution in [3.05, 3.63) is 54.1 Å². The summed E-state index contributed by atoms with van der Waals surface area (Å²) in [5, 5.41) is 5.00. The van der Waals surface area contributed by atoms with Gasteiger partial charge in [0.15, 0.2) is 0 Å². The van der Waals surface area contributed by atoms with Crippen LogP contribution in [0.1, 0.15) is 26.3 Å². The van der Waals surface area contributed by atoms with Crippen molar-refractivity contribution in [2.75, 3.05) is 17.2 Å². The smallest absolute Gasteiger partial charge is 0.416 e. The van der Waals surface area contributed by atoms with E-state index in [1.54, 1.807) is 31.2 Å². The van der Waals surface area contributed by atoms with E-state index in [1.807, 2.05) is 0 Å². The zero-order chi connectivity index (χ0) is 20.9. The van der Waals surface area contributed by atoms with Crippen molar-refractivity contribution in [3.63, 3.8) is 0 Å². The van der Waals surface area contributed by atoms with Crippen LogP contribution >= 0.6 is 0 Å². The topological polar surface area (TPSA) is 67.4 Å². The molecular weight excluding hydrogens is 373 g/mol. The Morgan fingerprint density at radius 2 is 1.61 bits per heavy atom. The summed E-state index contributed by atoms with van der Waals surface area (Å²) in [6, 6.07) is 11.0. The van der Waals surface area contributed by atoms with Gasteiger partial charge in [-0.15, -0.1) is 0 Å². The molecule has 0 atom stereocenters. The molecule has 0 aliphatic carbocycles. The number of para-hydroxylation sites is 2. The first kappa shape index (κ1) is 21.3. The molecule has 0 saturated heterocycles. The highest BCUT2D eigenvalue weighted by molar-refractivity contribution is 6.14. The van der Waals surface area contributed by atoms with Gasteiger partial charge in [-0.1, -0.05) is 18.2 Å². The predicted molar refractivity (Wildman–Crippen MR) is 100 cm³/mol. The second-order valence-corrected chi connectivity index (χ2v) is 6.54.